The van der Waals surface area contributed by atoms with E-state index in [0.717, 1.165) is 18.7 Å². The number of nitrogens with two attached hydrogens (primary N) is 1. The van der Waals surface area contributed by atoms with Crippen LogP contribution in [0.1, 0.15) is 31.1 Å². The third-order valence-electron chi connectivity index (χ3n) is 2.71. The molecule has 6 nitrogen and oxygen atoms in total. The molecule has 0 spiro atoms. The van der Waals surface area contributed by atoms with E-state index < -0.39 is 0 Å². The molecule has 2 rings (SSSR count). The molecular weight excluding hydrogens is 194 g/mol. The summed E-state index contributed by atoms with van der Waals surface area (Å²) in [5.74, 6) is 0.0936. The molecule has 2 unspecified atom stereocenters. The summed E-state index contributed by atoms with van der Waals surface area (Å²) >= 11 is 0. The molecule has 0 aliphatic carbocycles. The number of hydrogen-bond donors (Lipinski definition) is 1. The Labute approximate surface area is 88.0 Å². The van der Waals surface area contributed by atoms with E-state index in [1.54, 1.807) is 22.8 Å². The van der Waals surface area contributed by atoms with Gasteiger partial charge < -0.3 is 10.6 Å². The molecule has 6 heteroatoms. The van der Waals surface area contributed by atoms with Crippen molar-refractivity contribution >= 4 is 5.91 Å². The number of nitrogens with zero attached hydrogens (tertiary/aromatic N) is 4. The van der Waals surface area contributed by atoms with E-state index in [0.29, 0.717) is 0 Å². The van der Waals surface area contributed by atoms with E-state index in [2.05, 4.69) is 10.3 Å². The van der Waals surface area contributed by atoms with Gasteiger partial charge in [0.2, 0.25) is 5.91 Å². The number of likely N-dealkylation sites (N-methyl/N-ethyl adjacent to an activating group) is 1. The summed E-state index contributed by atoms with van der Waals surface area (Å²) < 4.78 is 1.62. The zero-order chi connectivity index (χ0) is 11.0. The zero-order valence-corrected chi connectivity index (χ0v) is 8.92. The maximum Gasteiger partial charge on any atom is 0.247 e. The molecule has 0 aromatic carbocycles. The van der Waals surface area contributed by atoms with Crippen molar-refractivity contribution < 1.29 is 4.79 Å². The number of carbonyl (C=O) groups is 1. The summed E-state index contributed by atoms with van der Waals surface area (Å²) in [4.78, 5) is 13.4. The first-order chi connectivity index (χ1) is 7.09. The van der Waals surface area contributed by atoms with Crippen molar-refractivity contribution in [2.75, 3.05) is 13.6 Å². The SMILES string of the molecule is CC(N)c1cn(C2CCN(C)C2=O)nn1. The van der Waals surface area contributed by atoms with Crippen LogP contribution in [0.4, 0.5) is 0 Å². The largest absolute Gasteiger partial charge is 0.344 e. The molecule has 1 amide bonds. The lowest BCUT2D eigenvalue weighted by molar-refractivity contribution is -0.129. The van der Waals surface area contributed by atoms with Gasteiger partial charge in [0.15, 0.2) is 0 Å². The molecule has 2 N–H and O–H groups in total. The van der Waals surface area contributed by atoms with Gasteiger partial charge in [-0.05, 0) is 13.3 Å². The van der Waals surface area contributed by atoms with Crippen molar-refractivity contribution in [1.82, 2.24) is 19.9 Å². The Morgan fingerprint density at radius 2 is 2.40 bits per heavy atom. The fourth-order valence-corrected chi connectivity index (χ4v) is 1.70. The number of aromatic nitrogens is 3. The van der Waals surface area contributed by atoms with Crippen molar-refractivity contribution in [2.24, 2.45) is 5.73 Å². The van der Waals surface area contributed by atoms with E-state index in [9.17, 15) is 4.79 Å². The molecule has 1 aromatic rings. The van der Waals surface area contributed by atoms with E-state index in [1.807, 2.05) is 6.92 Å². The van der Waals surface area contributed by atoms with Crippen LogP contribution in [0, 0.1) is 0 Å². The molecule has 0 saturated carbocycles. The van der Waals surface area contributed by atoms with Crippen LogP contribution >= 0.6 is 0 Å². The summed E-state index contributed by atoms with van der Waals surface area (Å²) in [5, 5.41) is 7.88. The molecule has 1 fully saturated rings. The van der Waals surface area contributed by atoms with Crippen LogP contribution in [0.5, 0.6) is 0 Å². The van der Waals surface area contributed by atoms with Crippen LogP contribution < -0.4 is 5.73 Å². The predicted octanol–water partition coefficient (Wildman–Crippen LogP) is -0.299. The Bertz CT molecular complexity index is 372. The van der Waals surface area contributed by atoms with Gasteiger partial charge in [0.05, 0.1) is 11.9 Å². The second kappa shape index (κ2) is 3.62. The lowest BCUT2D eigenvalue weighted by Crippen LogP contribution is -2.24. The quantitative estimate of drug-likeness (QED) is 0.725. The Morgan fingerprint density at radius 3 is 2.87 bits per heavy atom. The summed E-state index contributed by atoms with van der Waals surface area (Å²) in [5.41, 5.74) is 6.40. The Hall–Kier alpha value is -1.43. The van der Waals surface area contributed by atoms with Gasteiger partial charge in [-0.2, -0.15) is 0 Å². The minimum absolute atomic E-state index is 0.0936. The van der Waals surface area contributed by atoms with Crippen LogP contribution in [-0.2, 0) is 4.79 Å². The highest BCUT2D eigenvalue weighted by molar-refractivity contribution is 5.82. The van der Waals surface area contributed by atoms with Crippen molar-refractivity contribution in [2.45, 2.75) is 25.4 Å². The van der Waals surface area contributed by atoms with Crippen molar-refractivity contribution in [3.8, 4) is 0 Å². The van der Waals surface area contributed by atoms with Crippen molar-refractivity contribution in [3.63, 3.8) is 0 Å². The van der Waals surface area contributed by atoms with Crippen LogP contribution in [-0.4, -0.2) is 39.4 Å². The second-order valence-corrected chi connectivity index (χ2v) is 3.98. The molecule has 0 bridgehead atoms. The van der Waals surface area contributed by atoms with Gasteiger partial charge in [0.1, 0.15) is 6.04 Å². The fraction of sp³-hybridized carbons (Fsp3) is 0.667. The number of amides is 1. The van der Waals surface area contributed by atoms with E-state index in [-0.39, 0.29) is 18.0 Å². The first-order valence-corrected chi connectivity index (χ1v) is 5.02. The lowest BCUT2D eigenvalue weighted by Gasteiger charge is -2.09. The van der Waals surface area contributed by atoms with Gasteiger partial charge in [-0.1, -0.05) is 5.21 Å². The highest BCUT2D eigenvalue weighted by atomic mass is 16.2. The monoisotopic (exact) mass is 209 g/mol. The average Bonchev–Trinajstić information content (AvgIpc) is 2.76. The zero-order valence-electron chi connectivity index (χ0n) is 8.92. The van der Waals surface area contributed by atoms with Gasteiger partial charge in [-0.15, -0.1) is 5.10 Å². The minimum Gasteiger partial charge on any atom is -0.344 e. The number of hydrogen-bond acceptors (Lipinski definition) is 4. The van der Waals surface area contributed by atoms with Crippen LogP contribution in [0.15, 0.2) is 6.20 Å². The summed E-state index contributed by atoms with van der Waals surface area (Å²) in [6, 6.07) is -0.344. The molecule has 1 aliphatic rings. The van der Waals surface area contributed by atoms with Gasteiger partial charge >= 0.3 is 0 Å². The lowest BCUT2D eigenvalue weighted by atomic mass is 10.2. The molecular formula is C9H15N5O. The number of carbonyl (C=O) groups excluding carboxylic acids is 1. The summed E-state index contributed by atoms with van der Waals surface area (Å²) in [6.07, 6.45) is 2.55. The molecule has 1 saturated heterocycles. The highest BCUT2D eigenvalue weighted by Crippen LogP contribution is 2.21. The molecule has 2 heterocycles. The topological polar surface area (TPSA) is 77.0 Å². The second-order valence-electron chi connectivity index (χ2n) is 3.98. The Balaban J connectivity index is 2.20. The minimum atomic E-state index is -0.199. The maximum absolute atomic E-state index is 11.7. The summed E-state index contributed by atoms with van der Waals surface area (Å²) in [7, 11) is 1.80. The van der Waals surface area contributed by atoms with Gasteiger partial charge in [-0.3, -0.25) is 4.79 Å². The average molecular weight is 209 g/mol. The van der Waals surface area contributed by atoms with Crippen LogP contribution in [0.3, 0.4) is 0 Å². The molecule has 2 atom stereocenters. The summed E-state index contributed by atoms with van der Waals surface area (Å²) in [6.45, 7) is 2.62. The molecule has 0 radical (unpaired) electrons. The van der Waals surface area contributed by atoms with Crippen molar-refractivity contribution in [1.29, 1.82) is 0 Å². The van der Waals surface area contributed by atoms with E-state index in [4.69, 9.17) is 5.73 Å². The smallest absolute Gasteiger partial charge is 0.247 e. The standard InChI is InChI=1S/C9H15N5O/c1-6(10)7-5-14(12-11-7)8-3-4-13(2)9(8)15/h5-6,8H,3-4,10H2,1-2H3. The van der Waals surface area contributed by atoms with Gasteiger partial charge in [0, 0.05) is 19.6 Å². The first-order valence-electron chi connectivity index (χ1n) is 5.02. The number of likely N-dealkylation sites (tertiary alicyclic amines) is 1. The maximum atomic E-state index is 11.7. The van der Waals surface area contributed by atoms with E-state index >= 15 is 0 Å². The predicted molar refractivity (Wildman–Crippen MR) is 53.9 cm³/mol. The normalized spacial score (nSPS) is 23.5. The third-order valence-corrected chi connectivity index (χ3v) is 2.71. The van der Waals surface area contributed by atoms with Gasteiger partial charge in [-0.25, -0.2) is 4.68 Å². The van der Waals surface area contributed by atoms with E-state index in [1.165, 1.54) is 0 Å². The Morgan fingerprint density at radius 1 is 1.67 bits per heavy atom. The van der Waals surface area contributed by atoms with Crippen molar-refractivity contribution in [3.05, 3.63) is 11.9 Å². The van der Waals surface area contributed by atoms with Gasteiger partial charge in [0.25, 0.3) is 0 Å². The molecule has 82 valence electrons. The molecule has 1 aliphatic heterocycles. The van der Waals surface area contributed by atoms with Crippen LogP contribution in [0.25, 0.3) is 0 Å². The molecule has 1 aromatic heterocycles. The number of rotatable bonds is 2. The third kappa shape index (κ3) is 1.72. The molecule has 15 heavy (non-hydrogen) atoms. The fourth-order valence-electron chi connectivity index (χ4n) is 1.70. The highest BCUT2D eigenvalue weighted by Gasteiger charge is 2.31. The first kappa shape index (κ1) is 10.1. The Kier molecular flexibility index (Phi) is 2.44. The van der Waals surface area contributed by atoms with Crippen LogP contribution in [0.2, 0.25) is 0 Å².